The van der Waals surface area contributed by atoms with Crippen LogP contribution >= 0.6 is 27.5 Å². The van der Waals surface area contributed by atoms with E-state index in [0.29, 0.717) is 0 Å². The first-order chi connectivity index (χ1) is 5.63. The quantitative estimate of drug-likeness (QED) is 0.632. The predicted octanol–water partition coefficient (Wildman–Crippen LogP) is 4.76. The standard InChI is InChI=1S/C10H14BrCl/c1-4-6-9(11)8(3)10(12)7-5-2/h5-7H,4H2,1-3H3/b7-5-,9-6-,10-8+. The molecule has 0 saturated carbocycles. The van der Waals surface area contributed by atoms with Crippen molar-refractivity contribution in [2.75, 3.05) is 0 Å². The molecule has 0 spiro atoms. The Hall–Kier alpha value is -0.0100. The van der Waals surface area contributed by atoms with Gasteiger partial charge < -0.3 is 0 Å². The van der Waals surface area contributed by atoms with Crippen molar-refractivity contribution in [3.8, 4) is 0 Å². The predicted molar refractivity (Wildman–Crippen MR) is 60.7 cm³/mol. The zero-order valence-electron chi connectivity index (χ0n) is 7.70. The molecule has 0 aliphatic heterocycles. The molecule has 0 amide bonds. The minimum Gasteiger partial charge on any atom is -0.0862 e. The highest BCUT2D eigenvalue weighted by Gasteiger charge is 1.98. The van der Waals surface area contributed by atoms with Crippen molar-refractivity contribution in [3.63, 3.8) is 0 Å². The Kier molecular flexibility index (Phi) is 6.49. The van der Waals surface area contributed by atoms with E-state index >= 15 is 0 Å². The van der Waals surface area contributed by atoms with Gasteiger partial charge in [0.15, 0.2) is 0 Å². The van der Waals surface area contributed by atoms with E-state index in [9.17, 15) is 0 Å². The molecule has 0 aromatic carbocycles. The summed E-state index contributed by atoms with van der Waals surface area (Å²) < 4.78 is 1.08. The number of halogens is 2. The van der Waals surface area contributed by atoms with Crippen molar-refractivity contribution in [1.29, 1.82) is 0 Å². The molecule has 0 aromatic heterocycles. The summed E-state index contributed by atoms with van der Waals surface area (Å²) in [6.07, 6.45) is 6.93. The summed E-state index contributed by atoms with van der Waals surface area (Å²) >= 11 is 9.44. The summed E-state index contributed by atoms with van der Waals surface area (Å²) in [4.78, 5) is 0. The van der Waals surface area contributed by atoms with Gasteiger partial charge in [-0.15, -0.1) is 0 Å². The number of rotatable bonds is 3. The first kappa shape index (κ1) is 12.0. The normalized spacial score (nSPS) is 15.2. The van der Waals surface area contributed by atoms with Crippen LogP contribution < -0.4 is 0 Å². The Balaban J connectivity index is 4.65. The Morgan fingerprint density at radius 2 is 2.08 bits per heavy atom. The van der Waals surface area contributed by atoms with Gasteiger partial charge >= 0.3 is 0 Å². The topological polar surface area (TPSA) is 0 Å². The van der Waals surface area contributed by atoms with Crippen molar-refractivity contribution < 1.29 is 0 Å². The third-order valence-electron chi connectivity index (χ3n) is 1.41. The minimum atomic E-state index is 0.786. The molecule has 12 heavy (non-hydrogen) atoms. The molecule has 0 nitrogen and oxygen atoms in total. The second-order valence-electron chi connectivity index (χ2n) is 2.43. The molecule has 0 aliphatic rings. The number of hydrogen-bond donors (Lipinski definition) is 0. The molecule has 0 unspecified atom stereocenters. The van der Waals surface area contributed by atoms with Gasteiger partial charge in [-0.3, -0.25) is 0 Å². The Morgan fingerprint density at radius 3 is 2.50 bits per heavy atom. The molecule has 0 fully saturated rings. The average Bonchev–Trinajstić information content (AvgIpc) is 2.04. The molecule has 0 N–H and O–H groups in total. The van der Waals surface area contributed by atoms with E-state index in [2.05, 4.69) is 28.9 Å². The van der Waals surface area contributed by atoms with Gasteiger partial charge in [-0.25, -0.2) is 0 Å². The van der Waals surface area contributed by atoms with E-state index < -0.39 is 0 Å². The Bertz CT molecular complexity index is 224. The number of hydrogen-bond acceptors (Lipinski definition) is 0. The molecule has 0 bridgehead atoms. The lowest BCUT2D eigenvalue weighted by Crippen LogP contribution is -1.78. The van der Waals surface area contributed by atoms with Gasteiger partial charge in [0.1, 0.15) is 0 Å². The second kappa shape index (κ2) is 6.50. The van der Waals surface area contributed by atoms with Crippen LogP contribution in [0.5, 0.6) is 0 Å². The Morgan fingerprint density at radius 1 is 1.50 bits per heavy atom. The maximum atomic E-state index is 5.98. The van der Waals surface area contributed by atoms with Crippen molar-refractivity contribution in [2.45, 2.75) is 27.2 Å². The van der Waals surface area contributed by atoms with E-state index in [1.165, 1.54) is 0 Å². The van der Waals surface area contributed by atoms with Crippen LogP contribution in [-0.4, -0.2) is 0 Å². The van der Waals surface area contributed by atoms with Crippen molar-refractivity contribution in [3.05, 3.63) is 33.3 Å². The first-order valence-electron chi connectivity index (χ1n) is 3.98. The highest BCUT2D eigenvalue weighted by atomic mass is 79.9. The molecular weight excluding hydrogens is 235 g/mol. The fourth-order valence-electron chi connectivity index (χ4n) is 0.718. The van der Waals surface area contributed by atoms with Crippen molar-refractivity contribution in [2.24, 2.45) is 0 Å². The SMILES string of the molecule is C\C=C/C(Cl)=C(C)\C(Br)=C\CC. The molecule has 0 saturated heterocycles. The van der Waals surface area contributed by atoms with E-state index in [0.717, 1.165) is 21.5 Å². The van der Waals surface area contributed by atoms with Gasteiger partial charge in [-0.2, -0.15) is 0 Å². The lowest BCUT2D eigenvalue weighted by molar-refractivity contribution is 1.21. The Labute approximate surface area is 88.1 Å². The van der Waals surface area contributed by atoms with Crippen LogP contribution in [0, 0.1) is 0 Å². The maximum absolute atomic E-state index is 5.98. The third kappa shape index (κ3) is 4.13. The zero-order chi connectivity index (χ0) is 9.56. The van der Waals surface area contributed by atoms with Crippen LogP contribution in [0.1, 0.15) is 27.2 Å². The lowest BCUT2D eigenvalue weighted by Gasteiger charge is -2.00. The summed E-state index contributed by atoms with van der Waals surface area (Å²) in [5, 5.41) is 0.786. The molecule has 0 rings (SSSR count). The highest BCUT2D eigenvalue weighted by Crippen LogP contribution is 2.23. The van der Waals surface area contributed by atoms with Gasteiger partial charge in [-0.05, 0) is 31.9 Å². The smallest absolute Gasteiger partial charge is 0.0443 e. The van der Waals surface area contributed by atoms with Crippen LogP contribution in [-0.2, 0) is 0 Å². The van der Waals surface area contributed by atoms with Crippen LogP contribution in [0.3, 0.4) is 0 Å². The minimum absolute atomic E-state index is 0.786. The van der Waals surface area contributed by atoms with Crippen LogP contribution in [0.4, 0.5) is 0 Å². The van der Waals surface area contributed by atoms with Crippen molar-refractivity contribution >= 4 is 27.5 Å². The fourth-order valence-corrected chi connectivity index (χ4v) is 1.60. The summed E-state index contributed by atoms with van der Waals surface area (Å²) in [5.41, 5.74) is 1.08. The molecule has 0 aliphatic carbocycles. The van der Waals surface area contributed by atoms with Crippen LogP contribution in [0.2, 0.25) is 0 Å². The summed E-state index contributed by atoms with van der Waals surface area (Å²) in [5.74, 6) is 0. The van der Waals surface area contributed by atoms with Gasteiger partial charge in [0.25, 0.3) is 0 Å². The van der Waals surface area contributed by atoms with Gasteiger partial charge in [0.2, 0.25) is 0 Å². The second-order valence-corrected chi connectivity index (χ2v) is 3.69. The molecule has 0 heterocycles. The largest absolute Gasteiger partial charge is 0.0862 e. The van der Waals surface area contributed by atoms with E-state index in [-0.39, 0.29) is 0 Å². The van der Waals surface area contributed by atoms with Crippen LogP contribution in [0.15, 0.2) is 33.3 Å². The molecule has 0 atom stereocenters. The first-order valence-corrected chi connectivity index (χ1v) is 5.15. The number of allylic oxidation sites excluding steroid dienone is 6. The highest BCUT2D eigenvalue weighted by molar-refractivity contribution is 9.12. The fraction of sp³-hybridized carbons (Fsp3) is 0.400. The summed E-state index contributed by atoms with van der Waals surface area (Å²) in [7, 11) is 0. The molecular formula is C10H14BrCl. The third-order valence-corrected chi connectivity index (χ3v) is 2.74. The van der Waals surface area contributed by atoms with Gasteiger partial charge in [0.05, 0.1) is 0 Å². The zero-order valence-corrected chi connectivity index (χ0v) is 10.0. The molecule has 2 heteroatoms. The molecule has 0 radical (unpaired) electrons. The lowest BCUT2D eigenvalue weighted by atomic mass is 10.2. The van der Waals surface area contributed by atoms with E-state index in [4.69, 9.17) is 11.6 Å². The van der Waals surface area contributed by atoms with E-state index in [1.54, 1.807) is 0 Å². The van der Waals surface area contributed by atoms with E-state index in [1.807, 2.05) is 26.0 Å². The monoisotopic (exact) mass is 248 g/mol. The van der Waals surface area contributed by atoms with Crippen molar-refractivity contribution in [1.82, 2.24) is 0 Å². The molecule has 0 aromatic rings. The molecule has 68 valence electrons. The summed E-state index contributed by atoms with van der Waals surface area (Å²) in [6.45, 7) is 6.05. The van der Waals surface area contributed by atoms with Crippen LogP contribution in [0.25, 0.3) is 0 Å². The van der Waals surface area contributed by atoms with Gasteiger partial charge in [-0.1, -0.05) is 46.6 Å². The van der Waals surface area contributed by atoms with Gasteiger partial charge in [0, 0.05) is 9.51 Å². The maximum Gasteiger partial charge on any atom is 0.0443 e. The average molecular weight is 250 g/mol. The summed E-state index contributed by atoms with van der Waals surface area (Å²) in [6, 6.07) is 0.